The van der Waals surface area contributed by atoms with Crippen LogP contribution < -0.4 is 5.32 Å². The summed E-state index contributed by atoms with van der Waals surface area (Å²) in [6.07, 6.45) is 3.88. The fourth-order valence-corrected chi connectivity index (χ4v) is 4.16. The number of thiazole rings is 1. The zero-order valence-corrected chi connectivity index (χ0v) is 15.2. The van der Waals surface area contributed by atoms with Crippen LogP contribution in [0.4, 0.5) is 5.82 Å². The largest absolute Gasteiger partial charge is 0.310 e. The maximum Gasteiger partial charge on any atom is 0.235 e. The fraction of sp³-hybridized carbons (Fsp3) is 0.353. The lowest BCUT2D eigenvalue weighted by Crippen LogP contribution is -2.17. The van der Waals surface area contributed by atoms with Crippen LogP contribution in [0.3, 0.4) is 0 Å². The van der Waals surface area contributed by atoms with Crippen molar-refractivity contribution in [2.24, 2.45) is 0 Å². The van der Waals surface area contributed by atoms with Crippen LogP contribution in [0.1, 0.15) is 24.8 Å². The van der Waals surface area contributed by atoms with E-state index < -0.39 is 0 Å². The number of unbranched alkanes of at least 4 members (excludes halogenated alkanes) is 1. The Kier molecular flexibility index (Phi) is 5.87. The van der Waals surface area contributed by atoms with Gasteiger partial charge in [-0.15, -0.1) is 23.1 Å². The highest BCUT2D eigenvalue weighted by molar-refractivity contribution is 7.99. The number of amides is 1. The van der Waals surface area contributed by atoms with Crippen molar-refractivity contribution in [3.8, 4) is 0 Å². The molecule has 0 spiro atoms. The predicted molar refractivity (Wildman–Crippen MR) is 102 cm³/mol. The summed E-state index contributed by atoms with van der Waals surface area (Å²) in [5, 5.41) is 8.24. The van der Waals surface area contributed by atoms with Crippen molar-refractivity contribution >= 4 is 45.0 Å². The summed E-state index contributed by atoms with van der Waals surface area (Å²) in [6.45, 7) is 2.97. The average Bonchev–Trinajstić information content (AvgIpc) is 3.19. The Hall–Kier alpha value is -1.86. The van der Waals surface area contributed by atoms with E-state index in [9.17, 15) is 4.79 Å². The molecule has 0 radical (unpaired) electrons. The molecule has 0 aliphatic rings. The number of para-hydroxylation sites is 1. The van der Waals surface area contributed by atoms with E-state index in [1.54, 1.807) is 29.3 Å². The smallest absolute Gasteiger partial charge is 0.235 e. The van der Waals surface area contributed by atoms with Gasteiger partial charge in [0.05, 0.1) is 22.2 Å². The van der Waals surface area contributed by atoms with Crippen LogP contribution in [0, 0.1) is 0 Å². The van der Waals surface area contributed by atoms with Crippen LogP contribution in [0.15, 0.2) is 36.5 Å². The first-order chi connectivity index (χ1) is 11.8. The van der Waals surface area contributed by atoms with Gasteiger partial charge in [0.25, 0.3) is 0 Å². The molecule has 7 heteroatoms. The summed E-state index contributed by atoms with van der Waals surface area (Å²) in [6, 6.07) is 9.95. The van der Waals surface area contributed by atoms with Crippen molar-refractivity contribution in [1.29, 1.82) is 0 Å². The Labute approximate surface area is 149 Å². The van der Waals surface area contributed by atoms with Gasteiger partial charge in [-0.1, -0.05) is 25.5 Å². The van der Waals surface area contributed by atoms with E-state index >= 15 is 0 Å². The highest BCUT2D eigenvalue weighted by Crippen LogP contribution is 2.24. The van der Waals surface area contributed by atoms with Crippen LogP contribution in [0.5, 0.6) is 0 Å². The maximum absolute atomic E-state index is 12.1. The zero-order valence-electron chi connectivity index (χ0n) is 13.6. The number of rotatable bonds is 8. The zero-order chi connectivity index (χ0) is 16.8. The minimum atomic E-state index is -0.000593. The molecule has 5 nitrogen and oxygen atoms in total. The third-order valence-corrected chi connectivity index (χ3v) is 5.67. The lowest BCUT2D eigenvalue weighted by atomic mass is 10.3. The molecule has 1 amide bonds. The Bertz CT molecular complexity index is 779. The van der Waals surface area contributed by atoms with Gasteiger partial charge in [0, 0.05) is 18.4 Å². The van der Waals surface area contributed by atoms with Crippen molar-refractivity contribution in [2.45, 2.75) is 32.1 Å². The summed E-state index contributed by atoms with van der Waals surface area (Å²) >= 11 is 3.27. The summed E-state index contributed by atoms with van der Waals surface area (Å²) < 4.78 is 3.04. The SMILES string of the molecule is CCCCn1nccc1NC(=O)CSCc1nc2ccccc2s1. The van der Waals surface area contributed by atoms with Crippen LogP contribution >= 0.6 is 23.1 Å². The van der Waals surface area contributed by atoms with Gasteiger partial charge in [0.2, 0.25) is 5.91 Å². The van der Waals surface area contributed by atoms with Gasteiger partial charge in [0.1, 0.15) is 10.8 Å². The summed E-state index contributed by atoms with van der Waals surface area (Å²) in [5.74, 6) is 1.94. The normalized spacial score (nSPS) is 11.0. The summed E-state index contributed by atoms with van der Waals surface area (Å²) in [4.78, 5) is 16.7. The standard InChI is InChI=1S/C17H20N4OS2/c1-2-3-10-21-15(8-9-18-21)20-16(22)11-23-12-17-19-13-6-4-5-7-14(13)24-17/h4-9H,2-3,10-12H2,1H3,(H,20,22). The first-order valence-corrected chi connectivity index (χ1v) is 9.97. The molecule has 24 heavy (non-hydrogen) atoms. The summed E-state index contributed by atoms with van der Waals surface area (Å²) in [7, 11) is 0. The third-order valence-electron chi connectivity index (χ3n) is 3.50. The molecule has 0 saturated carbocycles. The number of nitrogens with zero attached hydrogens (tertiary/aromatic N) is 3. The Morgan fingerprint density at radius 1 is 1.33 bits per heavy atom. The molecule has 0 unspecified atom stereocenters. The van der Waals surface area contributed by atoms with Crippen molar-refractivity contribution in [2.75, 3.05) is 11.1 Å². The van der Waals surface area contributed by atoms with E-state index in [1.165, 1.54) is 4.70 Å². The Balaban J connectivity index is 1.48. The predicted octanol–water partition coefficient (Wildman–Crippen LogP) is 4.16. The second kappa shape index (κ2) is 8.30. The topological polar surface area (TPSA) is 59.8 Å². The highest BCUT2D eigenvalue weighted by atomic mass is 32.2. The van der Waals surface area contributed by atoms with E-state index in [2.05, 4.69) is 28.4 Å². The molecule has 0 bridgehead atoms. The lowest BCUT2D eigenvalue weighted by molar-refractivity contribution is -0.113. The fourth-order valence-electron chi connectivity index (χ4n) is 2.32. The molecule has 0 saturated heterocycles. The number of fused-ring (bicyclic) bond motifs is 1. The minimum Gasteiger partial charge on any atom is -0.310 e. The molecule has 0 atom stereocenters. The first kappa shape index (κ1) is 17.0. The maximum atomic E-state index is 12.1. The number of aryl methyl sites for hydroxylation is 1. The number of anilines is 1. The van der Waals surface area contributed by atoms with Crippen LogP contribution in [-0.2, 0) is 17.1 Å². The summed E-state index contributed by atoms with van der Waals surface area (Å²) in [5.41, 5.74) is 1.03. The first-order valence-electron chi connectivity index (χ1n) is 8.00. The molecule has 0 aliphatic heterocycles. The van der Waals surface area contributed by atoms with Crippen LogP contribution in [-0.4, -0.2) is 26.4 Å². The number of aromatic nitrogens is 3. The second-order valence-electron chi connectivity index (χ2n) is 5.41. The molecule has 0 aliphatic carbocycles. The molecule has 3 rings (SSSR count). The Morgan fingerprint density at radius 3 is 3.04 bits per heavy atom. The number of thioether (sulfide) groups is 1. The quantitative estimate of drug-likeness (QED) is 0.655. The molecule has 2 aromatic heterocycles. The molecule has 2 heterocycles. The van der Waals surface area contributed by atoms with Crippen molar-refractivity contribution in [1.82, 2.24) is 14.8 Å². The van der Waals surface area contributed by atoms with E-state index in [0.29, 0.717) is 5.75 Å². The Morgan fingerprint density at radius 2 is 2.21 bits per heavy atom. The van der Waals surface area contributed by atoms with E-state index in [-0.39, 0.29) is 5.91 Å². The molecule has 1 N–H and O–H groups in total. The van der Waals surface area contributed by atoms with Gasteiger partial charge in [-0.25, -0.2) is 9.67 Å². The highest BCUT2D eigenvalue weighted by Gasteiger charge is 2.09. The molecular formula is C17H20N4OS2. The average molecular weight is 361 g/mol. The van der Waals surface area contributed by atoms with Crippen molar-refractivity contribution in [3.63, 3.8) is 0 Å². The number of hydrogen-bond acceptors (Lipinski definition) is 5. The van der Waals surface area contributed by atoms with Gasteiger partial charge in [-0.05, 0) is 18.6 Å². The molecule has 3 aromatic rings. The molecular weight excluding hydrogens is 340 g/mol. The van der Waals surface area contributed by atoms with Crippen LogP contribution in [0.2, 0.25) is 0 Å². The van der Waals surface area contributed by atoms with Crippen LogP contribution in [0.25, 0.3) is 10.2 Å². The number of carbonyl (C=O) groups excluding carboxylic acids is 1. The van der Waals surface area contributed by atoms with E-state index in [4.69, 9.17) is 0 Å². The van der Waals surface area contributed by atoms with Gasteiger partial charge in [-0.3, -0.25) is 4.79 Å². The monoisotopic (exact) mass is 360 g/mol. The van der Waals surface area contributed by atoms with Gasteiger partial charge >= 0.3 is 0 Å². The van der Waals surface area contributed by atoms with Crippen molar-refractivity contribution in [3.05, 3.63) is 41.5 Å². The van der Waals surface area contributed by atoms with Crippen molar-refractivity contribution < 1.29 is 4.79 Å². The number of nitrogens with one attached hydrogen (secondary N) is 1. The van der Waals surface area contributed by atoms with E-state index in [1.807, 2.05) is 28.9 Å². The molecule has 0 fully saturated rings. The molecule has 126 valence electrons. The minimum absolute atomic E-state index is 0.000593. The second-order valence-corrected chi connectivity index (χ2v) is 7.51. The van der Waals surface area contributed by atoms with Gasteiger partial charge < -0.3 is 5.32 Å². The van der Waals surface area contributed by atoms with E-state index in [0.717, 1.165) is 41.5 Å². The van der Waals surface area contributed by atoms with Gasteiger partial charge in [0.15, 0.2) is 0 Å². The number of benzene rings is 1. The lowest BCUT2D eigenvalue weighted by Gasteiger charge is -2.08. The third kappa shape index (κ3) is 4.36. The van der Waals surface area contributed by atoms with Gasteiger partial charge in [-0.2, -0.15) is 5.10 Å². The number of carbonyl (C=O) groups is 1. The molecule has 1 aromatic carbocycles. The number of hydrogen-bond donors (Lipinski definition) is 1.